The molecule has 2 unspecified atom stereocenters. The van der Waals surface area contributed by atoms with E-state index in [2.05, 4.69) is 44.7 Å². The molecule has 2 heterocycles. The van der Waals surface area contributed by atoms with Crippen LogP contribution < -0.4 is 5.73 Å². The Morgan fingerprint density at radius 3 is 2.68 bits per heavy atom. The second-order valence-electron chi connectivity index (χ2n) is 6.74. The van der Waals surface area contributed by atoms with Crippen molar-refractivity contribution >= 4 is 11.3 Å². The van der Waals surface area contributed by atoms with Gasteiger partial charge in [-0.15, -0.1) is 11.3 Å². The zero-order valence-electron chi connectivity index (χ0n) is 12.8. The first-order valence-electron chi connectivity index (χ1n) is 7.53. The Bertz CT molecular complexity index is 403. The lowest BCUT2D eigenvalue weighted by Gasteiger charge is -2.39. The summed E-state index contributed by atoms with van der Waals surface area (Å²) in [5, 5.41) is 0. The average molecular weight is 280 g/mol. The maximum absolute atomic E-state index is 6.41. The van der Waals surface area contributed by atoms with Gasteiger partial charge in [-0.1, -0.05) is 27.7 Å². The van der Waals surface area contributed by atoms with Gasteiger partial charge in [0.2, 0.25) is 0 Å². The molecule has 2 atom stereocenters. The van der Waals surface area contributed by atoms with Crippen LogP contribution in [-0.4, -0.2) is 24.0 Å². The summed E-state index contributed by atoms with van der Waals surface area (Å²) < 4.78 is 0. The summed E-state index contributed by atoms with van der Waals surface area (Å²) >= 11 is 1.96. The van der Waals surface area contributed by atoms with Gasteiger partial charge in [0.1, 0.15) is 0 Å². The predicted octanol–water partition coefficient (Wildman–Crippen LogP) is 3.92. The Labute approximate surface area is 122 Å². The number of rotatable bonds is 3. The summed E-state index contributed by atoms with van der Waals surface area (Å²) in [4.78, 5) is 5.52. The molecule has 0 spiro atoms. The van der Waals surface area contributed by atoms with Crippen LogP contribution in [0, 0.1) is 0 Å². The van der Waals surface area contributed by atoms with E-state index in [1.807, 2.05) is 11.3 Å². The summed E-state index contributed by atoms with van der Waals surface area (Å²) in [7, 11) is 0. The molecule has 1 fully saturated rings. The van der Waals surface area contributed by atoms with Gasteiger partial charge in [-0.25, -0.2) is 0 Å². The van der Waals surface area contributed by atoms with Crippen LogP contribution in [0.1, 0.15) is 62.8 Å². The van der Waals surface area contributed by atoms with Gasteiger partial charge in [-0.2, -0.15) is 0 Å². The van der Waals surface area contributed by atoms with Gasteiger partial charge in [0, 0.05) is 15.8 Å². The highest BCUT2D eigenvalue weighted by Gasteiger charge is 2.31. The number of hydrogen-bond acceptors (Lipinski definition) is 3. The third-order valence-electron chi connectivity index (χ3n) is 3.95. The van der Waals surface area contributed by atoms with E-state index < -0.39 is 0 Å². The van der Waals surface area contributed by atoms with Crippen molar-refractivity contribution in [3.63, 3.8) is 0 Å². The molecule has 0 saturated carbocycles. The monoisotopic (exact) mass is 280 g/mol. The van der Waals surface area contributed by atoms with Crippen LogP contribution in [0.15, 0.2) is 12.1 Å². The summed E-state index contributed by atoms with van der Waals surface area (Å²) in [5.41, 5.74) is 6.66. The molecule has 2 rings (SSSR count). The summed E-state index contributed by atoms with van der Waals surface area (Å²) in [5.74, 6) is 0. The molecule has 1 aliphatic heterocycles. The molecule has 0 radical (unpaired) electrons. The van der Waals surface area contributed by atoms with Crippen LogP contribution in [0.3, 0.4) is 0 Å². The van der Waals surface area contributed by atoms with Gasteiger partial charge in [-0.3, -0.25) is 4.90 Å². The van der Waals surface area contributed by atoms with Gasteiger partial charge in [-0.05, 0) is 49.9 Å². The average Bonchev–Trinajstić information content (AvgIpc) is 2.78. The number of thiophene rings is 1. The van der Waals surface area contributed by atoms with E-state index in [9.17, 15) is 0 Å². The third kappa shape index (κ3) is 3.39. The Balaban J connectivity index is 2.23. The molecule has 0 aromatic carbocycles. The van der Waals surface area contributed by atoms with Crippen LogP contribution in [0.2, 0.25) is 0 Å². The van der Waals surface area contributed by atoms with E-state index in [0.29, 0.717) is 12.1 Å². The highest BCUT2D eigenvalue weighted by Crippen LogP contribution is 2.37. The molecule has 3 heteroatoms. The van der Waals surface area contributed by atoms with Crippen LogP contribution >= 0.6 is 11.3 Å². The lowest BCUT2D eigenvalue weighted by Crippen LogP contribution is -2.45. The fourth-order valence-corrected chi connectivity index (χ4v) is 4.22. The lowest BCUT2D eigenvalue weighted by molar-refractivity contribution is 0.131. The Kier molecular flexibility index (Phi) is 4.70. The number of piperidine rings is 1. The second kappa shape index (κ2) is 5.94. The fraction of sp³-hybridized carbons (Fsp3) is 0.750. The Morgan fingerprint density at radius 1 is 1.37 bits per heavy atom. The molecule has 1 aromatic heterocycles. The SMILES string of the molecule is CCCN1CCCC(N)C1c1ccc(C(C)(C)C)s1. The number of nitrogens with two attached hydrogens (primary N) is 1. The molecule has 19 heavy (non-hydrogen) atoms. The van der Waals surface area contributed by atoms with Crippen LogP contribution in [0.5, 0.6) is 0 Å². The fourth-order valence-electron chi connectivity index (χ4n) is 2.94. The van der Waals surface area contributed by atoms with Crippen LogP contribution in [-0.2, 0) is 5.41 Å². The molecule has 1 aliphatic rings. The number of nitrogens with zero attached hydrogens (tertiary/aromatic N) is 1. The molecular weight excluding hydrogens is 252 g/mol. The van der Waals surface area contributed by atoms with Crippen molar-refractivity contribution in [2.75, 3.05) is 13.1 Å². The summed E-state index contributed by atoms with van der Waals surface area (Å²) in [6.45, 7) is 11.5. The van der Waals surface area contributed by atoms with Gasteiger partial charge >= 0.3 is 0 Å². The summed E-state index contributed by atoms with van der Waals surface area (Å²) in [6, 6.07) is 5.34. The minimum absolute atomic E-state index is 0.247. The zero-order valence-corrected chi connectivity index (χ0v) is 13.6. The van der Waals surface area contributed by atoms with E-state index in [4.69, 9.17) is 5.73 Å². The molecule has 0 aliphatic carbocycles. The van der Waals surface area contributed by atoms with Crippen molar-refractivity contribution in [1.29, 1.82) is 0 Å². The highest BCUT2D eigenvalue weighted by molar-refractivity contribution is 7.12. The first-order valence-corrected chi connectivity index (χ1v) is 8.35. The van der Waals surface area contributed by atoms with Gasteiger partial charge in [0.15, 0.2) is 0 Å². The maximum atomic E-state index is 6.41. The Hall–Kier alpha value is -0.380. The largest absolute Gasteiger partial charge is 0.326 e. The van der Waals surface area contributed by atoms with Gasteiger partial charge in [0.25, 0.3) is 0 Å². The van der Waals surface area contributed by atoms with E-state index in [1.54, 1.807) is 0 Å². The van der Waals surface area contributed by atoms with Crippen molar-refractivity contribution in [2.45, 2.75) is 64.5 Å². The standard InChI is InChI=1S/C16H28N2S/c1-5-10-18-11-6-7-12(17)15(18)13-8-9-14(19-13)16(2,3)4/h8-9,12,15H,5-7,10-11,17H2,1-4H3. The molecule has 1 saturated heterocycles. The minimum Gasteiger partial charge on any atom is -0.326 e. The quantitative estimate of drug-likeness (QED) is 0.909. The van der Waals surface area contributed by atoms with E-state index in [0.717, 1.165) is 6.42 Å². The molecule has 108 valence electrons. The van der Waals surface area contributed by atoms with Crippen molar-refractivity contribution in [2.24, 2.45) is 5.73 Å². The first kappa shape index (κ1) is 15.0. The van der Waals surface area contributed by atoms with Crippen LogP contribution in [0.4, 0.5) is 0 Å². The smallest absolute Gasteiger partial charge is 0.0593 e. The topological polar surface area (TPSA) is 29.3 Å². The normalized spacial score (nSPS) is 25.7. The van der Waals surface area contributed by atoms with Crippen molar-refractivity contribution in [1.82, 2.24) is 4.90 Å². The molecule has 1 aromatic rings. The predicted molar refractivity (Wildman–Crippen MR) is 84.8 cm³/mol. The molecule has 2 N–H and O–H groups in total. The first-order chi connectivity index (χ1) is 8.93. The molecule has 0 amide bonds. The zero-order chi connectivity index (χ0) is 14.0. The maximum Gasteiger partial charge on any atom is 0.0593 e. The number of hydrogen-bond donors (Lipinski definition) is 1. The van der Waals surface area contributed by atoms with E-state index in [1.165, 1.54) is 35.7 Å². The van der Waals surface area contributed by atoms with Crippen molar-refractivity contribution < 1.29 is 0 Å². The second-order valence-corrected chi connectivity index (χ2v) is 7.85. The summed E-state index contributed by atoms with van der Waals surface area (Å²) in [6.07, 6.45) is 3.61. The van der Waals surface area contributed by atoms with E-state index >= 15 is 0 Å². The lowest BCUT2D eigenvalue weighted by atomic mass is 9.94. The van der Waals surface area contributed by atoms with Gasteiger partial charge in [0.05, 0.1) is 6.04 Å². The number of likely N-dealkylation sites (tertiary alicyclic amines) is 1. The van der Waals surface area contributed by atoms with E-state index in [-0.39, 0.29) is 5.41 Å². The molecule has 2 nitrogen and oxygen atoms in total. The van der Waals surface area contributed by atoms with Crippen LogP contribution in [0.25, 0.3) is 0 Å². The highest BCUT2D eigenvalue weighted by atomic mass is 32.1. The minimum atomic E-state index is 0.247. The van der Waals surface area contributed by atoms with Crippen molar-refractivity contribution in [3.8, 4) is 0 Å². The molecule has 0 bridgehead atoms. The Morgan fingerprint density at radius 2 is 2.11 bits per heavy atom. The van der Waals surface area contributed by atoms with Gasteiger partial charge < -0.3 is 5.73 Å². The third-order valence-corrected chi connectivity index (χ3v) is 5.53. The van der Waals surface area contributed by atoms with Crippen molar-refractivity contribution in [3.05, 3.63) is 21.9 Å². The molecular formula is C16H28N2S.